The predicted molar refractivity (Wildman–Crippen MR) is 91.0 cm³/mol. The number of anilines is 1. The molecule has 3 N–H and O–H groups in total. The Bertz CT molecular complexity index is 482. The van der Waals surface area contributed by atoms with Crippen molar-refractivity contribution in [3.05, 3.63) is 29.3 Å². The Balaban J connectivity index is 0.00000220. The maximum atomic E-state index is 12.3. The molecule has 0 atom stereocenters. The quantitative estimate of drug-likeness (QED) is 0.884. The van der Waals surface area contributed by atoms with Gasteiger partial charge >= 0.3 is 0 Å². The summed E-state index contributed by atoms with van der Waals surface area (Å²) in [7, 11) is 0. The second-order valence-electron chi connectivity index (χ2n) is 6.24. The van der Waals surface area contributed by atoms with Gasteiger partial charge in [0.25, 0.3) is 0 Å². The Morgan fingerprint density at radius 1 is 1.24 bits per heavy atom. The van der Waals surface area contributed by atoms with E-state index in [1.807, 2.05) is 19.1 Å². The highest BCUT2D eigenvalue weighted by Gasteiger charge is 2.33. The van der Waals surface area contributed by atoms with Crippen LogP contribution in [0.5, 0.6) is 0 Å². The van der Waals surface area contributed by atoms with Crippen LogP contribution in [0.4, 0.5) is 5.69 Å². The number of aryl methyl sites for hydroxylation is 1. The summed E-state index contributed by atoms with van der Waals surface area (Å²) in [6.07, 6.45) is 6.41. The van der Waals surface area contributed by atoms with E-state index < -0.39 is 0 Å². The number of carbonyl (C=O) groups excluding carboxylic acids is 1. The molecule has 1 amide bonds. The number of hydrogen-bond donors (Lipinski definition) is 2. The van der Waals surface area contributed by atoms with Gasteiger partial charge in [0.1, 0.15) is 0 Å². The summed E-state index contributed by atoms with van der Waals surface area (Å²) in [5, 5.41) is 3.06. The highest BCUT2D eigenvalue weighted by molar-refractivity contribution is 5.92. The van der Waals surface area contributed by atoms with Crippen molar-refractivity contribution in [3.8, 4) is 0 Å². The number of carbonyl (C=O) groups is 1. The third kappa shape index (κ3) is 4.45. The second kappa shape index (κ2) is 7.81. The van der Waals surface area contributed by atoms with Crippen LogP contribution in [0.15, 0.2) is 18.2 Å². The van der Waals surface area contributed by atoms with Crippen LogP contribution in [0.25, 0.3) is 0 Å². The van der Waals surface area contributed by atoms with Crippen LogP contribution in [-0.2, 0) is 4.79 Å². The van der Waals surface area contributed by atoms with E-state index in [9.17, 15) is 4.79 Å². The van der Waals surface area contributed by atoms with Crippen LogP contribution in [0.2, 0.25) is 0 Å². The molecule has 0 aliphatic heterocycles. The Labute approximate surface area is 134 Å². The fourth-order valence-electron chi connectivity index (χ4n) is 3.18. The van der Waals surface area contributed by atoms with Crippen LogP contribution in [0, 0.1) is 19.3 Å². The summed E-state index contributed by atoms with van der Waals surface area (Å²) in [6, 6.07) is 6.01. The summed E-state index contributed by atoms with van der Waals surface area (Å²) >= 11 is 0. The predicted octanol–water partition coefficient (Wildman–Crippen LogP) is 3.96. The van der Waals surface area contributed by atoms with Crippen molar-refractivity contribution in [2.75, 3.05) is 11.9 Å². The van der Waals surface area contributed by atoms with E-state index in [1.54, 1.807) is 0 Å². The number of amides is 1. The normalized spacial score (nSPS) is 16.9. The Hall–Kier alpha value is -1.06. The van der Waals surface area contributed by atoms with E-state index in [0.717, 1.165) is 24.1 Å². The monoisotopic (exact) mass is 310 g/mol. The van der Waals surface area contributed by atoms with Gasteiger partial charge < -0.3 is 11.1 Å². The number of benzene rings is 1. The number of hydrogen-bond acceptors (Lipinski definition) is 2. The summed E-state index contributed by atoms with van der Waals surface area (Å²) in [4.78, 5) is 12.3. The number of halogens is 1. The zero-order chi connectivity index (χ0) is 14.6. The third-order valence-electron chi connectivity index (χ3n) is 4.76. The SMILES string of the molecule is Cc1cccc(NC(=O)CC2(CN)CCCCC2)c1C.Cl. The smallest absolute Gasteiger partial charge is 0.224 e. The number of nitrogens with one attached hydrogen (secondary N) is 1. The van der Waals surface area contributed by atoms with Gasteiger partial charge in [-0.2, -0.15) is 0 Å². The number of nitrogens with two attached hydrogens (primary N) is 1. The fourth-order valence-corrected chi connectivity index (χ4v) is 3.18. The van der Waals surface area contributed by atoms with E-state index in [-0.39, 0.29) is 23.7 Å². The topological polar surface area (TPSA) is 55.1 Å². The molecule has 1 aromatic rings. The molecule has 0 heterocycles. The van der Waals surface area contributed by atoms with E-state index in [4.69, 9.17) is 5.73 Å². The Morgan fingerprint density at radius 3 is 2.52 bits per heavy atom. The largest absolute Gasteiger partial charge is 0.330 e. The lowest BCUT2D eigenvalue weighted by molar-refractivity contribution is -0.118. The lowest BCUT2D eigenvalue weighted by Crippen LogP contribution is -2.36. The van der Waals surface area contributed by atoms with Gasteiger partial charge in [-0.15, -0.1) is 12.4 Å². The fraction of sp³-hybridized carbons (Fsp3) is 0.588. The highest BCUT2D eigenvalue weighted by Crippen LogP contribution is 2.38. The van der Waals surface area contributed by atoms with Crippen LogP contribution in [-0.4, -0.2) is 12.5 Å². The maximum Gasteiger partial charge on any atom is 0.224 e. The first-order chi connectivity index (χ1) is 9.56. The lowest BCUT2D eigenvalue weighted by atomic mass is 9.71. The average Bonchev–Trinajstić information content (AvgIpc) is 2.45. The molecule has 1 fully saturated rings. The first-order valence-electron chi connectivity index (χ1n) is 7.62. The van der Waals surface area contributed by atoms with E-state index in [2.05, 4.69) is 18.3 Å². The molecule has 0 aromatic heterocycles. The van der Waals surface area contributed by atoms with Gasteiger partial charge in [-0.05, 0) is 55.8 Å². The van der Waals surface area contributed by atoms with Crippen LogP contribution < -0.4 is 11.1 Å². The molecular weight excluding hydrogens is 284 g/mol. The van der Waals surface area contributed by atoms with Gasteiger partial charge in [0.2, 0.25) is 5.91 Å². The summed E-state index contributed by atoms with van der Waals surface area (Å²) in [6.45, 7) is 4.73. The van der Waals surface area contributed by atoms with Crippen LogP contribution >= 0.6 is 12.4 Å². The lowest BCUT2D eigenvalue weighted by Gasteiger charge is -2.35. The van der Waals surface area contributed by atoms with Crippen molar-refractivity contribution in [1.29, 1.82) is 0 Å². The molecule has 0 bridgehead atoms. The molecule has 2 rings (SSSR count). The molecule has 21 heavy (non-hydrogen) atoms. The van der Waals surface area contributed by atoms with Crippen molar-refractivity contribution in [2.24, 2.45) is 11.1 Å². The zero-order valence-corrected chi connectivity index (χ0v) is 13.9. The summed E-state index contributed by atoms with van der Waals surface area (Å²) in [5.41, 5.74) is 9.26. The molecule has 1 saturated carbocycles. The molecule has 0 spiro atoms. The van der Waals surface area contributed by atoms with Crippen LogP contribution in [0.3, 0.4) is 0 Å². The van der Waals surface area contributed by atoms with E-state index >= 15 is 0 Å². The van der Waals surface area contributed by atoms with E-state index in [1.165, 1.54) is 24.8 Å². The maximum absolute atomic E-state index is 12.3. The minimum atomic E-state index is 0. The van der Waals surface area contributed by atoms with Crippen molar-refractivity contribution in [1.82, 2.24) is 0 Å². The van der Waals surface area contributed by atoms with Crippen molar-refractivity contribution < 1.29 is 4.79 Å². The molecular formula is C17H27ClN2O. The third-order valence-corrected chi connectivity index (χ3v) is 4.76. The second-order valence-corrected chi connectivity index (χ2v) is 6.24. The molecule has 1 aliphatic rings. The first-order valence-corrected chi connectivity index (χ1v) is 7.62. The van der Waals surface area contributed by atoms with Gasteiger partial charge in [0.05, 0.1) is 0 Å². The van der Waals surface area contributed by atoms with Gasteiger partial charge in [0, 0.05) is 12.1 Å². The molecule has 118 valence electrons. The van der Waals surface area contributed by atoms with Gasteiger partial charge in [-0.25, -0.2) is 0 Å². The summed E-state index contributed by atoms with van der Waals surface area (Å²) < 4.78 is 0. The van der Waals surface area contributed by atoms with Gasteiger partial charge in [0.15, 0.2) is 0 Å². The van der Waals surface area contributed by atoms with E-state index in [0.29, 0.717) is 13.0 Å². The standard InChI is InChI=1S/C17H26N2O.ClH/c1-13-7-6-8-15(14(13)2)19-16(20)11-17(12-18)9-4-3-5-10-17;/h6-8H,3-5,9-12,18H2,1-2H3,(H,19,20);1H. The Kier molecular flexibility index (Phi) is 6.69. The molecule has 0 radical (unpaired) electrons. The molecule has 0 unspecified atom stereocenters. The zero-order valence-electron chi connectivity index (χ0n) is 13.1. The molecule has 3 nitrogen and oxygen atoms in total. The average molecular weight is 311 g/mol. The molecule has 1 aromatic carbocycles. The number of rotatable bonds is 4. The Morgan fingerprint density at radius 2 is 1.90 bits per heavy atom. The first kappa shape index (κ1) is 18.0. The van der Waals surface area contributed by atoms with Gasteiger partial charge in [-0.1, -0.05) is 31.4 Å². The molecule has 1 aliphatic carbocycles. The highest BCUT2D eigenvalue weighted by atomic mass is 35.5. The minimum absolute atomic E-state index is 0. The minimum Gasteiger partial charge on any atom is -0.330 e. The van der Waals surface area contributed by atoms with Gasteiger partial charge in [-0.3, -0.25) is 4.79 Å². The molecule has 0 saturated heterocycles. The molecule has 4 heteroatoms. The summed E-state index contributed by atoms with van der Waals surface area (Å²) in [5.74, 6) is 0.103. The van der Waals surface area contributed by atoms with Crippen molar-refractivity contribution in [3.63, 3.8) is 0 Å². The van der Waals surface area contributed by atoms with Crippen molar-refractivity contribution >= 4 is 24.0 Å². The van der Waals surface area contributed by atoms with Crippen LogP contribution in [0.1, 0.15) is 49.7 Å². The van der Waals surface area contributed by atoms with Crippen molar-refractivity contribution in [2.45, 2.75) is 52.4 Å².